The summed E-state index contributed by atoms with van der Waals surface area (Å²) in [6.45, 7) is 4.68. The number of H-pyrrole nitrogens is 1. The Balaban J connectivity index is 0.000000186. The smallest absolute Gasteiger partial charge is 0.234 e. The van der Waals surface area contributed by atoms with E-state index in [0.717, 1.165) is 22.9 Å². The lowest BCUT2D eigenvalue weighted by atomic mass is 10.4. The molecule has 0 spiro atoms. The highest BCUT2D eigenvalue weighted by molar-refractivity contribution is 6.29. The van der Waals surface area contributed by atoms with Crippen LogP contribution in [0, 0.1) is 13.8 Å². The van der Waals surface area contributed by atoms with E-state index in [-0.39, 0.29) is 0 Å². The van der Waals surface area contributed by atoms with Gasteiger partial charge in [0.25, 0.3) is 0 Å². The maximum absolute atomic E-state index is 5.70. The molecule has 192 valence electrons. The molecule has 0 amide bonds. The number of hydrogen-bond acceptors (Lipinski definition) is 13. The second-order valence-corrected chi connectivity index (χ2v) is 7.88. The summed E-state index contributed by atoms with van der Waals surface area (Å²) in [5.74, 6) is 4.19. The van der Waals surface area contributed by atoms with Crippen molar-refractivity contribution in [2.45, 2.75) is 26.9 Å². The van der Waals surface area contributed by atoms with Crippen molar-refractivity contribution >= 4 is 35.1 Å². The SMILES string of the molecule is COc1cc(Nc2ccnc(NCc3cc(C)no3)n2)[nH]n1.Cc1cc(CNc2nccc(Cl)n2)on1. The first-order valence-corrected chi connectivity index (χ1v) is 11.3. The van der Waals surface area contributed by atoms with E-state index in [0.29, 0.717) is 47.7 Å². The van der Waals surface area contributed by atoms with Crippen LogP contribution in [0.2, 0.25) is 5.15 Å². The van der Waals surface area contributed by atoms with E-state index < -0.39 is 0 Å². The molecule has 37 heavy (non-hydrogen) atoms. The fourth-order valence-corrected chi connectivity index (χ4v) is 3.01. The van der Waals surface area contributed by atoms with Gasteiger partial charge in [0.15, 0.2) is 11.5 Å². The van der Waals surface area contributed by atoms with Crippen molar-refractivity contribution in [2.75, 3.05) is 23.1 Å². The molecule has 0 aliphatic carbocycles. The van der Waals surface area contributed by atoms with Crippen molar-refractivity contribution < 1.29 is 13.8 Å². The van der Waals surface area contributed by atoms with Crippen LogP contribution in [0.25, 0.3) is 0 Å². The number of methoxy groups -OCH3 is 1. The molecule has 4 N–H and O–H groups in total. The number of aromatic amines is 1. The van der Waals surface area contributed by atoms with Gasteiger partial charge >= 0.3 is 0 Å². The summed E-state index contributed by atoms with van der Waals surface area (Å²) in [7, 11) is 1.55. The number of ether oxygens (including phenoxy) is 1. The lowest BCUT2D eigenvalue weighted by molar-refractivity contribution is 0.384. The summed E-state index contributed by atoms with van der Waals surface area (Å²) in [5, 5.41) is 23.9. The highest BCUT2D eigenvalue weighted by atomic mass is 35.5. The standard InChI is InChI=1S/C13H15N7O2.C9H9ClN4O/c1-8-5-9(22-20-8)7-15-13-14-4-3-10(17-13)16-11-6-12(21-2)19-18-11;1-6-4-7(15-14-6)5-12-9-11-3-2-8(10)13-9/h3-6H,7H2,1-2H3,(H3,14,15,16,17,18,19);2-4H,5H2,1H3,(H,11,12,13). The van der Waals surface area contributed by atoms with Gasteiger partial charge in [0.1, 0.15) is 16.8 Å². The van der Waals surface area contributed by atoms with Crippen molar-refractivity contribution in [1.29, 1.82) is 0 Å². The van der Waals surface area contributed by atoms with Gasteiger partial charge < -0.3 is 29.7 Å². The van der Waals surface area contributed by atoms with Crippen LogP contribution in [-0.2, 0) is 13.1 Å². The Hall–Kier alpha value is -4.72. The maximum Gasteiger partial charge on any atom is 0.234 e. The Morgan fingerprint density at radius 1 is 0.892 bits per heavy atom. The molecule has 0 unspecified atom stereocenters. The molecule has 0 radical (unpaired) electrons. The Morgan fingerprint density at radius 2 is 1.51 bits per heavy atom. The third-order valence-corrected chi connectivity index (χ3v) is 4.71. The number of nitrogens with one attached hydrogen (secondary N) is 4. The third-order valence-electron chi connectivity index (χ3n) is 4.50. The molecule has 0 aromatic carbocycles. The average molecular weight is 526 g/mol. The first-order valence-electron chi connectivity index (χ1n) is 11.0. The minimum absolute atomic E-state index is 0.404. The molecule has 0 aliphatic rings. The van der Waals surface area contributed by atoms with Crippen LogP contribution in [0.15, 0.2) is 51.8 Å². The molecule has 0 aliphatic heterocycles. The van der Waals surface area contributed by atoms with Gasteiger partial charge in [0.2, 0.25) is 17.8 Å². The van der Waals surface area contributed by atoms with Crippen LogP contribution in [0.1, 0.15) is 22.9 Å². The first kappa shape index (κ1) is 25.4. The summed E-state index contributed by atoms with van der Waals surface area (Å²) < 4.78 is 15.1. The van der Waals surface area contributed by atoms with Gasteiger partial charge in [-0.25, -0.2) is 15.0 Å². The predicted molar refractivity (Wildman–Crippen MR) is 135 cm³/mol. The fourth-order valence-electron chi connectivity index (χ4n) is 2.88. The van der Waals surface area contributed by atoms with Gasteiger partial charge in [-0.2, -0.15) is 4.98 Å². The summed E-state index contributed by atoms with van der Waals surface area (Å²) >= 11 is 5.70. The first-order chi connectivity index (χ1) is 18.0. The quantitative estimate of drug-likeness (QED) is 0.204. The van der Waals surface area contributed by atoms with E-state index in [1.54, 1.807) is 37.7 Å². The lowest BCUT2D eigenvalue weighted by Gasteiger charge is -2.05. The molecular formula is C22H24ClN11O3. The fraction of sp³-hybridized carbons (Fsp3) is 0.227. The predicted octanol–water partition coefficient (Wildman–Crippen LogP) is 3.90. The zero-order valence-corrected chi connectivity index (χ0v) is 20.9. The van der Waals surface area contributed by atoms with Gasteiger partial charge in [-0.15, -0.1) is 5.10 Å². The van der Waals surface area contributed by atoms with E-state index in [9.17, 15) is 0 Å². The van der Waals surface area contributed by atoms with Crippen molar-refractivity contribution in [1.82, 2.24) is 40.4 Å². The zero-order valence-electron chi connectivity index (χ0n) is 20.2. The monoisotopic (exact) mass is 525 g/mol. The number of hydrogen-bond donors (Lipinski definition) is 4. The molecule has 5 aromatic rings. The zero-order chi connectivity index (χ0) is 26.0. The van der Waals surface area contributed by atoms with E-state index in [4.69, 9.17) is 25.4 Å². The Morgan fingerprint density at radius 3 is 2.05 bits per heavy atom. The highest BCUT2D eigenvalue weighted by Gasteiger charge is 2.05. The largest absolute Gasteiger partial charge is 0.480 e. The van der Waals surface area contributed by atoms with Crippen LogP contribution < -0.4 is 20.7 Å². The summed E-state index contributed by atoms with van der Waals surface area (Å²) in [5.41, 5.74) is 1.68. The van der Waals surface area contributed by atoms with Crippen molar-refractivity contribution in [2.24, 2.45) is 0 Å². The molecule has 0 saturated heterocycles. The van der Waals surface area contributed by atoms with Crippen LogP contribution >= 0.6 is 11.6 Å². The molecule has 5 rings (SSSR count). The van der Waals surface area contributed by atoms with E-state index >= 15 is 0 Å². The molecule has 0 bridgehead atoms. The molecule has 5 heterocycles. The third kappa shape index (κ3) is 7.90. The second-order valence-electron chi connectivity index (χ2n) is 7.49. The Kier molecular flexibility index (Phi) is 8.44. The molecule has 0 fully saturated rings. The summed E-state index contributed by atoms with van der Waals surface area (Å²) in [6, 6.07) is 8.79. The molecule has 5 aromatic heterocycles. The second kappa shape index (κ2) is 12.3. The van der Waals surface area contributed by atoms with Gasteiger partial charge in [-0.05, 0) is 26.0 Å². The van der Waals surface area contributed by atoms with Crippen LogP contribution in [0.4, 0.5) is 23.5 Å². The van der Waals surface area contributed by atoms with Gasteiger partial charge in [0, 0.05) is 30.6 Å². The number of rotatable bonds is 9. The minimum Gasteiger partial charge on any atom is -0.480 e. The number of halogens is 1. The van der Waals surface area contributed by atoms with E-state index in [2.05, 4.69) is 56.4 Å². The van der Waals surface area contributed by atoms with Crippen molar-refractivity contribution in [3.05, 3.63) is 70.8 Å². The van der Waals surface area contributed by atoms with Crippen LogP contribution in [0.3, 0.4) is 0 Å². The van der Waals surface area contributed by atoms with E-state index in [1.807, 2.05) is 26.0 Å². The topological polar surface area (TPSA) is 178 Å². The summed E-state index contributed by atoms with van der Waals surface area (Å²) in [6.07, 6.45) is 3.24. The molecule has 0 saturated carbocycles. The number of aryl methyl sites for hydroxylation is 2. The Bertz CT molecular complexity index is 1420. The van der Waals surface area contributed by atoms with Gasteiger partial charge in [-0.1, -0.05) is 21.9 Å². The van der Waals surface area contributed by atoms with Gasteiger partial charge in [-0.3, -0.25) is 5.10 Å². The van der Waals surface area contributed by atoms with Crippen molar-refractivity contribution in [3.63, 3.8) is 0 Å². The summed E-state index contributed by atoms with van der Waals surface area (Å²) in [4.78, 5) is 16.5. The molecular weight excluding hydrogens is 502 g/mol. The number of anilines is 4. The van der Waals surface area contributed by atoms with Crippen LogP contribution in [0.5, 0.6) is 5.88 Å². The van der Waals surface area contributed by atoms with Crippen molar-refractivity contribution in [3.8, 4) is 5.88 Å². The number of nitrogens with zero attached hydrogens (tertiary/aromatic N) is 7. The molecule has 15 heteroatoms. The minimum atomic E-state index is 0.404. The van der Waals surface area contributed by atoms with Crippen LogP contribution in [-0.4, -0.2) is 47.6 Å². The average Bonchev–Trinajstić information content (AvgIpc) is 3.64. The Labute approximate surface area is 216 Å². The molecule has 0 atom stereocenters. The molecule has 14 nitrogen and oxygen atoms in total. The number of aromatic nitrogens is 8. The van der Waals surface area contributed by atoms with E-state index in [1.165, 1.54) is 0 Å². The normalized spacial score (nSPS) is 10.4. The highest BCUT2D eigenvalue weighted by Crippen LogP contribution is 2.17. The maximum atomic E-state index is 5.70. The van der Waals surface area contributed by atoms with Gasteiger partial charge in [0.05, 0.1) is 31.6 Å². The lowest BCUT2D eigenvalue weighted by Crippen LogP contribution is -2.04.